The Bertz CT molecular complexity index is 542. The van der Waals surface area contributed by atoms with Gasteiger partial charge in [0.15, 0.2) is 6.10 Å². The first-order valence-corrected chi connectivity index (χ1v) is 6.41. The van der Waals surface area contributed by atoms with Gasteiger partial charge in [-0.05, 0) is 11.1 Å². The highest BCUT2D eigenvalue weighted by Crippen LogP contribution is 2.16. The first kappa shape index (κ1) is 14.2. The van der Waals surface area contributed by atoms with Gasteiger partial charge in [0.1, 0.15) is 0 Å². The Labute approximate surface area is 117 Å². The fraction of sp³-hybridized carbons (Fsp3) is 0.188. The molecule has 3 N–H and O–H groups in total. The van der Waals surface area contributed by atoms with Crippen LogP contribution in [-0.4, -0.2) is 22.7 Å². The maximum absolute atomic E-state index is 12.0. The molecule has 0 spiro atoms. The normalized spacial score (nSPS) is 13.5. The molecule has 20 heavy (non-hydrogen) atoms. The number of nitrogens with one attached hydrogen (secondary N) is 1. The second-order valence-electron chi connectivity index (χ2n) is 4.47. The summed E-state index contributed by atoms with van der Waals surface area (Å²) in [5.41, 5.74) is 1.32. The van der Waals surface area contributed by atoms with E-state index in [2.05, 4.69) is 5.32 Å². The van der Waals surface area contributed by atoms with Crippen molar-refractivity contribution in [3.8, 4) is 0 Å². The van der Waals surface area contributed by atoms with Gasteiger partial charge < -0.3 is 15.5 Å². The van der Waals surface area contributed by atoms with Gasteiger partial charge in [-0.15, -0.1) is 0 Å². The van der Waals surface area contributed by atoms with Gasteiger partial charge in [0, 0.05) is 0 Å². The summed E-state index contributed by atoms with van der Waals surface area (Å²) in [6.45, 7) is -0.225. The Balaban J connectivity index is 2.06. The van der Waals surface area contributed by atoms with Crippen LogP contribution >= 0.6 is 0 Å². The van der Waals surface area contributed by atoms with E-state index in [0.29, 0.717) is 5.56 Å². The summed E-state index contributed by atoms with van der Waals surface area (Å²) in [6.07, 6.45) is -1.24. The van der Waals surface area contributed by atoms with E-state index in [4.69, 9.17) is 0 Å². The van der Waals surface area contributed by atoms with Crippen molar-refractivity contribution in [3.63, 3.8) is 0 Å². The van der Waals surface area contributed by atoms with Gasteiger partial charge in [0.25, 0.3) is 5.91 Å². The van der Waals surface area contributed by atoms with E-state index in [9.17, 15) is 15.0 Å². The number of rotatable bonds is 5. The summed E-state index contributed by atoms with van der Waals surface area (Å²) in [4.78, 5) is 12.0. The molecule has 2 atom stereocenters. The first-order valence-electron chi connectivity index (χ1n) is 6.41. The number of hydrogen-bond donors (Lipinski definition) is 3. The molecule has 0 aliphatic heterocycles. The van der Waals surface area contributed by atoms with Crippen LogP contribution in [0.4, 0.5) is 0 Å². The van der Waals surface area contributed by atoms with Crippen molar-refractivity contribution in [2.45, 2.75) is 12.1 Å². The Morgan fingerprint density at radius 3 is 1.95 bits per heavy atom. The van der Waals surface area contributed by atoms with E-state index in [0.717, 1.165) is 5.56 Å². The van der Waals surface area contributed by atoms with Crippen LogP contribution in [0.5, 0.6) is 0 Å². The highest BCUT2D eigenvalue weighted by Gasteiger charge is 2.21. The lowest BCUT2D eigenvalue weighted by Crippen LogP contribution is -2.34. The molecule has 2 aromatic rings. The van der Waals surface area contributed by atoms with Crippen LogP contribution in [-0.2, 0) is 4.79 Å². The smallest absolute Gasteiger partial charge is 0.254 e. The summed E-state index contributed by atoms with van der Waals surface area (Å²) >= 11 is 0. The minimum absolute atomic E-state index is 0.225. The van der Waals surface area contributed by atoms with Crippen molar-refractivity contribution >= 4 is 5.91 Å². The van der Waals surface area contributed by atoms with Crippen LogP contribution in [0.2, 0.25) is 0 Å². The first-order chi connectivity index (χ1) is 9.72. The van der Waals surface area contributed by atoms with Crippen LogP contribution in [0, 0.1) is 0 Å². The van der Waals surface area contributed by atoms with Crippen molar-refractivity contribution in [3.05, 3.63) is 71.8 Å². The SMILES string of the molecule is O=C(NC(CO)c1ccccc1)[C@H](O)c1ccccc1. The molecule has 0 bridgehead atoms. The van der Waals surface area contributed by atoms with Crippen molar-refractivity contribution < 1.29 is 15.0 Å². The lowest BCUT2D eigenvalue weighted by Gasteiger charge is -2.19. The highest BCUT2D eigenvalue weighted by atomic mass is 16.3. The maximum atomic E-state index is 12.0. The minimum Gasteiger partial charge on any atom is -0.394 e. The molecule has 4 heteroatoms. The number of amides is 1. The summed E-state index contributed by atoms with van der Waals surface area (Å²) in [6, 6.07) is 17.3. The monoisotopic (exact) mass is 271 g/mol. The van der Waals surface area contributed by atoms with Gasteiger partial charge >= 0.3 is 0 Å². The molecular weight excluding hydrogens is 254 g/mol. The van der Waals surface area contributed by atoms with Gasteiger partial charge in [-0.25, -0.2) is 0 Å². The summed E-state index contributed by atoms with van der Waals surface area (Å²) in [5, 5.41) is 22.0. The molecule has 104 valence electrons. The molecule has 1 unspecified atom stereocenters. The molecule has 0 aromatic heterocycles. The van der Waals surface area contributed by atoms with Crippen LogP contribution in [0.25, 0.3) is 0 Å². The molecule has 0 saturated carbocycles. The fourth-order valence-electron chi connectivity index (χ4n) is 1.96. The lowest BCUT2D eigenvalue weighted by molar-refractivity contribution is -0.130. The van der Waals surface area contributed by atoms with Gasteiger partial charge in [0.05, 0.1) is 12.6 Å². The maximum Gasteiger partial charge on any atom is 0.254 e. The standard InChI is InChI=1S/C16H17NO3/c18-11-14(12-7-3-1-4-8-12)17-16(20)15(19)13-9-5-2-6-10-13/h1-10,14-15,18-19H,11H2,(H,17,20)/t14?,15-/m1/s1. The number of aliphatic hydroxyl groups excluding tert-OH is 2. The molecule has 0 heterocycles. The van der Waals surface area contributed by atoms with E-state index < -0.39 is 18.1 Å². The average molecular weight is 271 g/mol. The number of benzene rings is 2. The molecule has 0 aliphatic rings. The molecule has 0 radical (unpaired) electrons. The lowest BCUT2D eigenvalue weighted by atomic mass is 10.1. The quantitative estimate of drug-likeness (QED) is 0.773. The van der Waals surface area contributed by atoms with Crippen molar-refractivity contribution in [2.75, 3.05) is 6.61 Å². The largest absolute Gasteiger partial charge is 0.394 e. The van der Waals surface area contributed by atoms with Crippen molar-refractivity contribution in [1.29, 1.82) is 0 Å². The fourth-order valence-corrected chi connectivity index (χ4v) is 1.96. The minimum atomic E-state index is -1.24. The zero-order valence-electron chi connectivity index (χ0n) is 10.9. The Kier molecular flexibility index (Phi) is 4.87. The summed E-state index contributed by atoms with van der Waals surface area (Å²) < 4.78 is 0. The van der Waals surface area contributed by atoms with E-state index in [1.54, 1.807) is 24.3 Å². The predicted octanol–water partition coefficient (Wildman–Crippen LogP) is 1.57. The zero-order chi connectivity index (χ0) is 14.4. The van der Waals surface area contributed by atoms with Gasteiger partial charge in [-0.1, -0.05) is 60.7 Å². The van der Waals surface area contributed by atoms with E-state index >= 15 is 0 Å². The summed E-state index contributed by atoms with van der Waals surface area (Å²) in [7, 11) is 0. The number of hydrogen-bond acceptors (Lipinski definition) is 3. The van der Waals surface area contributed by atoms with Crippen molar-refractivity contribution in [2.24, 2.45) is 0 Å². The summed E-state index contributed by atoms with van der Waals surface area (Å²) in [5.74, 6) is -0.529. The van der Waals surface area contributed by atoms with E-state index in [-0.39, 0.29) is 6.61 Å². The van der Waals surface area contributed by atoms with Crippen LogP contribution in [0.15, 0.2) is 60.7 Å². The molecule has 2 aromatic carbocycles. The molecular formula is C16H17NO3. The average Bonchev–Trinajstić information content (AvgIpc) is 2.53. The number of carbonyl (C=O) groups is 1. The van der Waals surface area contributed by atoms with Crippen LogP contribution in [0.3, 0.4) is 0 Å². The third-order valence-corrected chi connectivity index (χ3v) is 3.06. The number of carbonyl (C=O) groups excluding carboxylic acids is 1. The Morgan fingerprint density at radius 2 is 1.45 bits per heavy atom. The van der Waals surface area contributed by atoms with E-state index in [1.807, 2.05) is 36.4 Å². The molecule has 0 fully saturated rings. The molecule has 2 rings (SSSR count). The van der Waals surface area contributed by atoms with E-state index in [1.165, 1.54) is 0 Å². The Morgan fingerprint density at radius 1 is 0.950 bits per heavy atom. The third-order valence-electron chi connectivity index (χ3n) is 3.06. The number of aliphatic hydroxyl groups is 2. The third kappa shape index (κ3) is 3.44. The zero-order valence-corrected chi connectivity index (χ0v) is 10.9. The highest BCUT2D eigenvalue weighted by molar-refractivity contribution is 5.82. The van der Waals surface area contributed by atoms with Gasteiger partial charge in [-0.2, -0.15) is 0 Å². The second kappa shape index (κ2) is 6.84. The molecule has 0 aliphatic carbocycles. The van der Waals surface area contributed by atoms with Gasteiger partial charge in [-0.3, -0.25) is 4.79 Å². The van der Waals surface area contributed by atoms with Crippen LogP contribution in [0.1, 0.15) is 23.3 Å². The van der Waals surface area contributed by atoms with Crippen LogP contribution < -0.4 is 5.32 Å². The predicted molar refractivity (Wildman–Crippen MR) is 75.8 cm³/mol. The molecule has 0 saturated heterocycles. The Hall–Kier alpha value is -2.17. The molecule has 1 amide bonds. The second-order valence-corrected chi connectivity index (χ2v) is 4.47. The van der Waals surface area contributed by atoms with Crippen molar-refractivity contribution in [1.82, 2.24) is 5.32 Å². The van der Waals surface area contributed by atoms with Gasteiger partial charge in [0.2, 0.25) is 0 Å². The molecule has 4 nitrogen and oxygen atoms in total. The topological polar surface area (TPSA) is 69.6 Å².